The highest BCUT2D eigenvalue weighted by Gasteiger charge is 2.44. The number of hydrogen-bond acceptors (Lipinski definition) is 9. The highest BCUT2D eigenvalue weighted by atomic mass is 32.2. The Balaban J connectivity index is 1.37. The second kappa shape index (κ2) is 14.3. The number of carbonyl (C=O) groups is 1. The summed E-state index contributed by atoms with van der Waals surface area (Å²) in [6.07, 6.45) is -0.318. The number of nitrogens with zero attached hydrogens (tertiary/aromatic N) is 2. The summed E-state index contributed by atoms with van der Waals surface area (Å²) >= 11 is 0. The van der Waals surface area contributed by atoms with Gasteiger partial charge in [-0.25, -0.2) is 13.2 Å². The van der Waals surface area contributed by atoms with Gasteiger partial charge < -0.3 is 34.7 Å². The number of aliphatic hydroxyl groups excluding tert-OH is 1. The number of alkyl carbamates (subject to hydrolysis) is 1. The number of ether oxygens (including phenoxy) is 3. The summed E-state index contributed by atoms with van der Waals surface area (Å²) in [7, 11) is -4.10. The van der Waals surface area contributed by atoms with Gasteiger partial charge in [-0.15, -0.1) is 0 Å². The van der Waals surface area contributed by atoms with E-state index in [-0.39, 0.29) is 55.0 Å². The molecule has 244 valence electrons. The number of aliphatic hydroxyl groups is 1. The van der Waals surface area contributed by atoms with Crippen molar-refractivity contribution < 1.29 is 37.6 Å². The zero-order valence-electron chi connectivity index (χ0n) is 25.8. The Morgan fingerprint density at radius 3 is 2.71 bits per heavy atom. The SMILES string of the molecule is CCN=Cc1c(O)[nH]c2cc(S(=O)(=O)N(CC(C)C)C[C@@H](O)[C@H](Cc3ccccc3)NC(=O)O[C@H]3CO[C@@H]4OCC[C@@H]43)ccc12. The van der Waals surface area contributed by atoms with Crippen LogP contribution in [0.25, 0.3) is 10.9 Å². The van der Waals surface area contributed by atoms with Crippen LogP contribution >= 0.6 is 0 Å². The summed E-state index contributed by atoms with van der Waals surface area (Å²) in [5, 5.41) is 25.4. The first-order valence-electron chi connectivity index (χ1n) is 15.3. The normalized spacial score (nSPS) is 21.5. The average Bonchev–Trinajstić information content (AvgIpc) is 3.70. The molecule has 5 rings (SSSR count). The van der Waals surface area contributed by atoms with Gasteiger partial charge in [0, 0.05) is 31.2 Å². The fraction of sp³-hybridized carbons (Fsp3) is 0.500. The molecule has 1 amide bonds. The number of aromatic hydroxyl groups is 1. The van der Waals surface area contributed by atoms with Crippen LogP contribution in [0.15, 0.2) is 58.4 Å². The summed E-state index contributed by atoms with van der Waals surface area (Å²) in [6, 6.07) is 13.1. The van der Waals surface area contributed by atoms with Gasteiger partial charge in [0.05, 0.1) is 47.3 Å². The lowest BCUT2D eigenvalue weighted by Crippen LogP contribution is -2.51. The van der Waals surface area contributed by atoms with Crippen LogP contribution in [0, 0.1) is 11.8 Å². The molecule has 0 aliphatic carbocycles. The molecule has 0 spiro atoms. The van der Waals surface area contributed by atoms with Crippen molar-refractivity contribution in [1.82, 2.24) is 14.6 Å². The number of aromatic amines is 1. The first-order chi connectivity index (χ1) is 21.6. The standard InChI is InChI=1S/C32H42N4O8S/c1-4-33-16-25-23-11-10-22(15-26(23)34-30(25)38)45(40,41)36(17-20(2)3)18-28(37)27(14-21-8-6-5-7-9-21)35-32(39)44-29-19-43-31-24(29)12-13-42-31/h5-11,15-16,20,24,27-29,31,34,37-38H,4,12-14,17-19H2,1-3H3,(H,35,39)/t24-,27+,28-,29+,31+/m1/s1. The zero-order valence-corrected chi connectivity index (χ0v) is 26.6. The smallest absolute Gasteiger partial charge is 0.407 e. The second-order valence-electron chi connectivity index (χ2n) is 11.9. The van der Waals surface area contributed by atoms with Crippen molar-refractivity contribution >= 4 is 33.2 Å². The highest BCUT2D eigenvalue weighted by molar-refractivity contribution is 7.89. The molecule has 0 unspecified atom stereocenters. The lowest BCUT2D eigenvalue weighted by Gasteiger charge is -2.31. The Bertz CT molecular complexity index is 1590. The minimum absolute atomic E-state index is 0.00429. The third-order valence-electron chi connectivity index (χ3n) is 8.10. The topological polar surface area (TPSA) is 163 Å². The number of fused-ring (bicyclic) bond motifs is 2. The molecule has 1 aromatic heterocycles. The zero-order chi connectivity index (χ0) is 32.1. The van der Waals surface area contributed by atoms with E-state index in [2.05, 4.69) is 15.3 Å². The van der Waals surface area contributed by atoms with Crippen LogP contribution < -0.4 is 5.32 Å². The van der Waals surface area contributed by atoms with Crippen LogP contribution in [0.3, 0.4) is 0 Å². The molecular weight excluding hydrogens is 600 g/mol. The second-order valence-corrected chi connectivity index (χ2v) is 13.9. The van der Waals surface area contributed by atoms with E-state index in [1.54, 1.807) is 12.3 Å². The maximum Gasteiger partial charge on any atom is 0.407 e. The highest BCUT2D eigenvalue weighted by Crippen LogP contribution is 2.33. The maximum absolute atomic E-state index is 14.0. The van der Waals surface area contributed by atoms with E-state index in [0.29, 0.717) is 29.6 Å². The summed E-state index contributed by atoms with van der Waals surface area (Å²) in [5.41, 5.74) is 1.77. The predicted molar refractivity (Wildman–Crippen MR) is 169 cm³/mol. The largest absolute Gasteiger partial charge is 0.494 e. The summed E-state index contributed by atoms with van der Waals surface area (Å²) < 4.78 is 46.1. The van der Waals surface area contributed by atoms with E-state index in [1.165, 1.54) is 16.4 Å². The van der Waals surface area contributed by atoms with E-state index in [4.69, 9.17) is 14.2 Å². The van der Waals surface area contributed by atoms with E-state index in [1.807, 2.05) is 51.1 Å². The van der Waals surface area contributed by atoms with Crippen molar-refractivity contribution in [2.45, 2.75) is 63.0 Å². The van der Waals surface area contributed by atoms with Crippen LogP contribution in [-0.2, 0) is 30.7 Å². The quantitative estimate of drug-likeness (QED) is 0.206. The number of aromatic nitrogens is 1. The van der Waals surface area contributed by atoms with Gasteiger partial charge in [0.2, 0.25) is 10.0 Å². The van der Waals surface area contributed by atoms with Crippen molar-refractivity contribution in [1.29, 1.82) is 0 Å². The molecule has 45 heavy (non-hydrogen) atoms. The Morgan fingerprint density at radius 2 is 1.98 bits per heavy atom. The Morgan fingerprint density at radius 1 is 1.20 bits per heavy atom. The first-order valence-corrected chi connectivity index (χ1v) is 16.8. The van der Waals surface area contributed by atoms with Gasteiger partial charge in [0.15, 0.2) is 12.2 Å². The number of rotatable bonds is 13. The van der Waals surface area contributed by atoms with Gasteiger partial charge >= 0.3 is 6.09 Å². The Labute approximate surface area is 263 Å². The fourth-order valence-electron chi connectivity index (χ4n) is 5.84. The van der Waals surface area contributed by atoms with Gasteiger partial charge in [0.1, 0.15) is 6.10 Å². The molecular formula is C32H42N4O8S. The van der Waals surface area contributed by atoms with Gasteiger partial charge in [0.25, 0.3) is 0 Å². The number of amides is 1. The van der Waals surface area contributed by atoms with Gasteiger partial charge in [-0.3, -0.25) is 4.99 Å². The van der Waals surface area contributed by atoms with Crippen LogP contribution in [-0.4, -0.2) is 97.6 Å². The molecule has 3 heterocycles. The van der Waals surface area contributed by atoms with Gasteiger partial charge in [-0.2, -0.15) is 4.31 Å². The first kappa shape index (κ1) is 32.9. The minimum Gasteiger partial charge on any atom is -0.494 e. The van der Waals surface area contributed by atoms with Crippen molar-refractivity contribution in [2.24, 2.45) is 16.8 Å². The van der Waals surface area contributed by atoms with E-state index in [0.717, 1.165) is 12.0 Å². The van der Waals surface area contributed by atoms with Crippen LogP contribution in [0.4, 0.5) is 4.79 Å². The molecule has 2 fully saturated rings. The predicted octanol–water partition coefficient (Wildman–Crippen LogP) is 3.42. The molecule has 12 nitrogen and oxygen atoms in total. The average molecular weight is 643 g/mol. The third-order valence-corrected chi connectivity index (χ3v) is 9.93. The molecule has 2 aliphatic rings. The van der Waals surface area contributed by atoms with Gasteiger partial charge in [-0.05, 0) is 43.4 Å². The van der Waals surface area contributed by atoms with Gasteiger partial charge in [-0.1, -0.05) is 50.2 Å². The molecule has 3 aromatic rings. The summed E-state index contributed by atoms with van der Waals surface area (Å²) in [6.45, 7) is 6.82. The van der Waals surface area contributed by atoms with Crippen molar-refractivity contribution in [3.63, 3.8) is 0 Å². The van der Waals surface area contributed by atoms with E-state index in [9.17, 15) is 23.4 Å². The number of H-pyrrole nitrogens is 1. The molecule has 2 aromatic carbocycles. The van der Waals surface area contributed by atoms with E-state index < -0.39 is 34.4 Å². The molecule has 13 heteroatoms. The number of sulfonamides is 1. The fourth-order valence-corrected chi connectivity index (χ4v) is 7.49. The maximum atomic E-state index is 14.0. The number of aliphatic imine (C=N–C) groups is 1. The summed E-state index contributed by atoms with van der Waals surface area (Å²) in [5.74, 6) is -0.210. The third kappa shape index (κ3) is 7.67. The van der Waals surface area contributed by atoms with Crippen molar-refractivity contribution in [2.75, 3.05) is 32.8 Å². The molecule has 0 bridgehead atoms. The Kier molecular flexibility index (Phi) is 10.4. The number of hydrogen-bond donors (Lipinski definition) is 4. The molecule has 0 saturated carbocycles. The lowest BCUT2D eigenvalue weighted by molar-refractivity contribution is -0.0907. The lowest BCUT2D eigenvalue weighted by atomic mass is 10.0. The molecule has 2 saturated heterocycles. The Hall–Kier alpha value is -3.49. The molecule has 5 atom stereocenters. The molecule has 4 N–H and O–H groups in total. The van der Waals surface area contributed by atoms with Crippen LogP contribution in [0.1, 0.15) is 38.3 Å². The van der Waals surface area contributed by atoms with Crippen molar-refractivity contribution in [3.05, 3.63) is 59.7 Å². The monoisotopic (exact) mass is 642 g/mol. The number of benzene rings is 2. The minimum atomic E-state index is -4.10. The summed E-state index contributed by atoms with van der Waals surface area (Å²) in [4.78, 5) is 20.1. The number of carbonyl (C=O) groups excluding carboxylic acids is 1. The molecule has 0 radical (unpaired) electrons. The van der Waals surface area contributed by atoms with E-state index >= 15 is 0 Å². The van der Waals surface area contributed by atoms with Crippen molar-refractivity contribution in [3.8, 4) is 5.88 Å². The van der Waals surface area contributed by atoms with Crippen LogP contribution in [0.2, 0.25) is 0 Å². The number of nitrogens with one attached hydrogen (secondary N) is 2. The van der Waals surface area contributed by atoms with Crippen LogP contribution in [0.5, 0.6) is 5.88 Å². The molecule has 2 aliphatic heterocycles.